The second kappa shape index (κ2) is 5.47. The summed E-state index contributed by atoms with van der Waals surface area (Å²) >= 11 is 0. The van der Waals surface area contributed by atoms with Gasteiger partial charge in [-0.15, -0.1) is 0 Å². The van der Waals surface area contributed by atoms with Crippen LogP contribution < -0.4 is 10.6 Å². The summed E-state index contributed by atoms with van der Waals surface area (Å²) in [5.41, 5.74) is 6.07. The molecule has 1 saturated carbocycles. The van der Waals surface area contributed by atoms with Gasteiger partial charge in [0, 0.05) is 19.1 Å². The van der Waals surface area contributed by atoms with Crippen LogP contribution in [0.2, 0.25) is 0 Å². The van der Waals surface area contributed by atoms with Crippen LogP contribution in [-0.2, 0) is 6.18 Å². The first-order chi connectivity index (χ1) is 10.4. The first kappa shape index (κ1) is 15.2. The summed E-state index contributed by atoms with van der Waals surface area (Å²) in [4.78, 5) is 2.03. The molecule has 0 bridgehead atoms. The van der Waals surface area contributed by atoms with Crippen molar-refractivity contribution in [2.75, 3.05) is 18.0 Å². The Morgan fingerprint density at radius 1 is 1.23 bits per heavy atom. The first-order valence-electron chi connectivity index (χ1n) is 7.52. The van der Waals surface area contributed by atoms with Gasteiger partial charge in [0.25, 0.3) is 0 Å². The van der Waals surface area contributed by atoms with Crippen LogP contribution in [0.25, 0.3) is 0 Å². The molecule has 22 heavy (non-hydrogen) atoms. The van der Waals surface area contributed by atoms with Crippen molar-refractivity contribution in [2.45, 2.75) is 31.5 Å². The molecule has 0 amide bonds. The highest BCUT2D eigenvalue weighted by Crippen LogP contribution is 2.39. The lowest BCUT2D eigenvalue weighted by molar-refractivity contribution is -0.137. The summed E-state index contributed by atoms with van der Waals surface area (Å²) in [6, 6.07) is 5.48. The molecule has 118 valence electrons. The van der Waals surface area contributed by atoms with E-state index in [0.29, 0.717) is 17.5 Å². The molecule has 1 aliphatic carbocycles. The monoisotopic (exact) mass is 309 g/mol. The third-order valence-electron chi connectivity index (χ3n) is 4.94. The number of nitriles is 1. The van der Waals surface area contributed by atoms with Gasteiger partial charge in [0.2, 0.25) is 0 Å². The lowest BCUT2D eigenvalue weighted by Crippen LogP contribution is -2.38. The molecule has 1 aliphatic heterocycles. The number of hydrogen-bond donors (Lipinski definition) is 1. The van der Waals surface area contributed by atoms with Crippen molar-refractivity contribution in [3.63, 3.8) is 0 Å². The summed E-state index contributed by atoms with van der Waals surface area (Å²) in [5.74, 6) is 0.861. The smallest absolute Gasteiger partial charge is 0.370 e. The number of hydrogen-bond acceptors (Lipinski definition) is 3. The highest BCUT2D eigenvalue weighted by Gasteiger charge is 2.39. The Morgan fingerprint density at radius 2 is 2.00 bits per heavy atom. The molecule has 0 aromatic heterocycles. The molecule has 3 rings (SSSR count). The van der Waals surface area contributed by atoms with Crippen LogP contribution in [0.4, 0.5) is 18.9 Å². The fraction of sp³-hybridized carbons (Fsp3) is 0.562. The number of nitrogens with zero attached hydrogens (tertiary/aromatic N) is 2. The molecule has 3 atom stereocenters. The second-order valence-electron chi connectivity index (χ2n) is 6.27. The van der Waals surface area contributed by atoms with Crippen LogP contribution >= 0.6 is 0 Å². The van der Waals surface area contributed by atoms with Crippen LogP contribution in [0.5, 0.6) is 0 Å². The van der Waals surface area contributed by atoms with Gasteiger partial charge >= 0.3 is 6.18 Å². The zero-order chi connectivity index (χ0) is 15.9. The minimum Gasteiger partial charge on any atom is -0.370 e. The number of nitrogens with two attached hydrogens (primary N) is 1. The lowest BCUT2D eigenvalue weighted by atomic mass is 9.78. The predicted molar refractivity (Wildman–Crippen MR) is 77.2 cm³/mol. The Labute approximate surface area is 127 Å². The van der Waals surface area contributed by atoms with Crippen molar-refractivity contribution in [3.05, 3.63) is 29.3 Å². The standard InChI is InChI=1S/C16H18F3N3/c17-16(18,19)12-4-5-15(11(6-12)7-20)22-8-10-2-1-3-14(21)13(10)9-22/h4-6,10,13-14H,1-3,8-9,21H2. The Morgan fingerprint density at radius 3 is 2.64 bits per heavy atom. The molecule has 0 spiro atoms. The van der Waals surface area contributed by atoms with Gasteiger partial charge in [-0.25, -0.2) is 0 Å². The average Bonchev–Trinajstić information content (AvgIpc) is 2.91. The minimum absolute atomic E-state index is 0.0852. The zero-order valence-electron chi connectivity index (χ0n) is 12.1. The number of benzene rings is 1. The lowest BCUT2D eigenvalue weighted by Gasteiger charge is -2.29. The van der Waals surface area contributed by atoms with E-state index < -0.39 is 11.7 Å². The number of alkyl halides is 3. The van der Waals surface area contributed by atoms with Crippen LogP contribution in [0.1, 0.15) is 30.4 Å². The van der Waals surface area contributed by atoms with Gasteiger partial charge in [-0.05, 0) is 42.9 Å². The molecule has 1 aromatic rings. The number of anilines is 1. The molecule has 3 unspecified atom stereocenters. The van der Waals surface area contributed by atoms with Crippen molar-refractivity contribution in [1.29, 1.82) is 5.26 Å². The van der Waals surface area contributed by atoms with E-state index in [1.54, 1.807) is 0 Å². The molecule has 2 fully saturated rings. The van der Waals surface area contributed by atoms with Gasteiger partial charge in [0.1, 0.15) is 6.07 Å². The fourth-order valence-corrected chi connectivity index (χ4v) is 3.79. The Bertz CT molecular complexity index is 606. The van der Waals surface area contributed by atoms with E-state index >= 15 is 0 Å². The Hall–Kier alpha value is -1.74. The van der Waals surface area contributed by atoms with Crippen molar-refractivity contribution < 1.29 is 13.2 Å². The Kier molecular flexibility index (Phi) is 3.77. The Balaban J connectivity index is 1.88. The maximum Gasteiger partial charge on any atom is 0.416 e. The highest BCUT2D eigenvalue weighted by molar-refractivity contribution is 5.61. The number of halogens is 3. The zero-order valence-corrected chi connectivity index (χ0v) is 12.1. The van der Waals surface area contributed by atoms with E-state index in [2.05, 4.69) is 0 Å². The van der Waals surface area contributed by atoms with Gasteiger partial charge in [0.05, 0.1) is 16.8 Å². The molecule has 1 aromatic carbocycles. The molecule has 2 N–H and O–H groups in total. The first-order valence-corrected chi connectivity index (χ1v) is 7.52. The normalized spacial score (nSPS) is 28.3. The highest BCUT2D eigenvalue weighted by atomic mass is 19.4. The summed E-state index contributed by atoms with van der Waals surface area (Å²) in [5, 5.41) is 9.21. The molecule has 1 saturated heterocycles. The number of rotatable bonds is 1. The van der Waals surface area contributed by atoms with Crippen molar-refractivity contribution >= 4 is 5.69 Å². The molecule has 0 radical (unpaired) electrons. The summed E-state index contributed by atoms with van der Waals surface area (Å²) in [6.45, 7) is 1.50. The largest absolute Gasteiger partial charge is 0.416 e. The maximum atomic E-state index is 12.8. The third-order valence-corrected chi connectivity index (χ3v) is 4.94. The average molecular weight is 309 g/mol. The molecular formula is C16H18F3N3. The second-order valence-corrected chi connectivity index (χ2v) is 6.27. The van der Waals surface area contributed by atoms with Crippen molar-refractivity contribution in [2.24, 2.45) is 17.6 Å². The van der Waals surface area contributed by atoms with Gasteiger partial charge in [-0.2, -0.15) is 18.4 Å². The summed E-state index contributed by atoms with van der Waals surface area (Å²) in [7, 11) is 0. The topological polar surface area (TPSA) is 53.0 Å². The van der Waals surface area contributed by atoms with Crippen molar-refractivity contribution in [3.8, 4) is 6.07 Å². The molecule has 2 aliphatic rings. The predicted octanol–water partition coefficient (Wildman–Crippen LogP) is 3.14. The van der Waals surface area contributed by atoms with E-state index in [1.165, 1.54) is 6.07 Å². The quantitative estimate of drug-likeness (QED) is 0.867. The van der Waals surface area contributed by atoms with Gasteiger partial charge in [-0.3, -0.25) is 0 Å². The maximum absolute atomic E-state index is 12.8. The van der Waals surface area contributed by atoms with Crippen LogP contribution in [-0.4, -0.2) is 19.1 Å². The van der Waals surface area contributed by atoms with E-state index in [-0.39, 0.29) is 11.6 Å². The SMILES string of the molecule is N#Cc1cc(C(F)(F)F)ccc1N1CC2CCCC(N)C2C1. The minimum atomic E-state index is -4.43. The van der Waals surface area contributed by atoms with E-state index in [9.17, 15) is 18.4 Å². The van der Waals surface area contributed by atoms with Crippen LogP contribution in [0.15, 0.2) is 18.2 Å². The molecule has 1 heterocycles. The van der Waals surface area contributed by atoms with Gasteiger partial charge in [0.15, 0.2) is 0 Å². The summed E-state index contributed by atoms with van der Waals surface area (Å²) < 4.78 is 38.3. The van der Waals surface area contributed by atoms with E-state index in [4.69, 9.17) is 5.73 Å². The van der Waals surface area contributed by atoms with E-state index in [1.807, 2.05) is 11.0 Å². The van der Waals surface area contributed by atoms with Crippen molar-refractivity contribution in [1.82, 2.24) is 0 Å². The molecule has 6 heteroatoms. The summed E-state index contributed by atoms with van der Waals surface area (Å²) in [6.07, 6.45) is -1.20. The molecular weight excluding hydrogens is 291 g/mol. The van der Waals surface area contributed by atoms with Gasteiger partial charge < -0.3 is 10.6 Å². The van der Waals surface area contributed by atoms with Crippen LogP contribution in [0.3, 0.4) is 0 Å². The molecule has 3 nitrogen and oxygen atoms in total. The van der Waals surface area contributed by atoms with Gasteiger partial charge in [-0.1, -0.05) is 6.42 Å². The third kappa shape index (κ3) is 2.66. The fourth-order valence-electron chi connectivity index (χ4n) is 3.79. The van der Waals surface area contributed by atoms with Crippen LogP contribution in [0, 0.1) is 23.2 Å². The van der Waals surface area contributed by atoms with E-state index in [0.717, 1.165) is 44.5 Å². The number of fused-ring (bicyclic) bond motifs is 1.